The van der Waals surface area contributed by atoms with Crippen molar-refractivity contribution in [3.05, 3.63) is 34.7 Å². The van der Waals surface area contributed by atoms with Crippen LogP contribution >= 0.6 is 11.8 Å². The van der Waals surface area contributed by atoms with Gasteiger partial charge in [-0.2, -0.15) is 0 Å². The van der Waals surface area contributed by atoms with E-state index in [2.05, 4.69) is 5.32 Å². The van der Waals surface area contributed by atoms with Crippen LogP contribution in [0.15, 0.2) is 29.2 Å². The summed E-state index contributed by atoms with van der Waals surface area (Å²) in [5.74, 6) is -0.832. The molecule has 10 heteroatoms. The Morgan fingerprint density at radius 1 is 1.03 bits per heavy atom. The highest BCUT2D eigenvalue weighted by Gasteiger charge is 2.47. The van der Waals surface area contributed by atoms with E-state index in [4.69, 9.17) is 4.74 Å². The lowest BCUT2D eigenvalue weighted by molar-refractivity contribution is -0.140. The van der Waals surface area contributed by atoms with Gasteiger partial charge < -0.3 is 10.1 Å². The van der Waals surface area contributed by atoms with Crippen molar-refractivity contribution in [2.75, 3.05) is 26.7 Å². The van der Waals surface area contributed by atoms with E-state index < -0.39 is 11.1 Å². The summed E-state index contributed by atoms with van der Waals surface area (Å²) >= 11 is 0.856. The predicted octanol–water partition coefficient (Wildman–Crippen LogP) is 2.41. The van der Waals surface area contributed by atoms with Crippen LogP contribution in [0, 0.1) is 11.8 Å². The maximum absolute atomic E-state index is 12.6. The molecule has 1 aromatic carbocycles. The molecule has 9 nitrogen and oxygen atoms in total. The standard InChI is InChI=1S/C24H27N3O6S/c1-33-16-8-6-15(7-9-16)14-19-23(31)27(24(32)34-19)13-11-25-20(28)10-12-26-21(29)17-4-2-3-5-18(17)22(26)30/h6-9,14,17-18H,2-5,10-13H2,1H3,(H,25,28). The van der Waals surface area contributed by atoms with Crippen molar-refractivity contribution in [2.24, 2.45) is 11.8 Å². The smallest absolute Gasteiger partial charge is 0.293 e. The van der Waals surface area contributed by atoms with Gasteiger partial charge in [0.15, 0.2) is 0 Å². The molecule has 180 valence electrons. The van der Waals surface area contributed by atoms with Crippen LogP contribution in [-0.4, -0.2) is 65.4 Å². The van der Waals surface area contributed by atoms with Crippen molar-refractivity contribution in [2.45, 2.75) is 32.1 Å². The first-order valence-electron chi connectivity index (χ1n) is 11.4. The number of benzene rings is 1. The molecule has 2 unspecified atom stereocenters. The first-order chi connectivity index (χ1) is 16.4. The molecule has 2 atom stereocenters. The largest absolute Gasteiger partial charge is 0.497 e. The van der Waals surface area contributed by atoms with Crippen LogP contribution in [0.2, 0.25) is 0 Å². The quantitative estimate of drug-likeness (QED) is 0.444. The number of fused-ring (bicyclic) bond motifs is 1. The summed E-state index contributed by atoms with van der Waals surface area (Å²) in [5.41, 5.74) is 0.769. The molecule has 2 saturated heterocycles. The first-order valence-corrected chi connectivity index (χ1v) is 12.2. The number of methoxy groups -OCH3 is 1. The second-order valence-corrected chi connectivity index (χ2v) is 9.53. The molecule has 0 radical (unpaired) electrons. The van der Waals surface area contributed by atoms with Crippen LogP contribution in [0.1, 0.15) is 37.7 Å². The van der Waals surface area contributed by atoms with Gasteiger partial charge in [-0.3, -0.25) is 33.8 Å². The molecule has 5 amide bonds. The number of nitrogens with one attached hydrogen (secondary N) is 1. The van der Waals surface area contributed by atoms with Gasteiger partial charge in [0.1, 0.15) is 5.75 Å². The van der Waals surface area contributed by atoms with E-state index in [9.17, 15) is 24.0 Å². The molecular formula is C24H27N3O6S. The lowest BCUT2D eigenvalue weighted by Gasteiger charge is -2.19. The van der Waals surface area contributed by atoms with Gasteiger partial charge in [0.2, 0.25) is 17.7 Å². The Labute approximate surface area is 201 Å². The van der Waals surface area contributed by atoms with Crippen LogP contribution in [0.3, 0.4) is 0 Å². The van der Waals surface area contributed by atoms with Crippen molar-refractivity contribution >= 4 is 46.7 Å². The number of ether oxygens (including phenoxy) is 1. The number of carbonyl (C=O) groups is 5. The third-order valence-corrected chi connectivity index (χ3v) is 7.35. The monoisotopic (exact) mass is 485 g/mol. The predicted molar refractivity (Wildman–Crippen MR) is 125 cm³/mol. The van der Waals surface area contributed by atoms with Crippen molar-refractivity contribution < 1.29 is 28.7 Å². The zero-order valence-corrected chi connectivity index (χ0v) is 19.8. The summed E-state index contributed by atoms with van der Waals surface area (Å²) in [6.45, 7) is 0.199. The van der Waals surface area contributed by atoms with Gasteiger partial charge >= 0.3 is 0 Å². The summed E-state index contributed by atoms with van der Waals surface area (Å²) < 4.78 is 5.11. The molecule has 0 aromatic heterocycles. The van der Waals surface area contributed by atoms with Crippen molar-refractivity contribution in [3.63, 3.8) is 0 Å². The van der Waals surface area contributed by atoms with E-state index in [-0.39, 0.29) is 55.6 Å². The Morgan fingerprint density at radius 3 is 2.29 bits per heavy atom. The molecule has 1 aliphatic carbocycles. The van der Waals surface area contributed by atoms with E-state index >= 15 is 0 Å². The average molecular weight is 486 g/mol. The molecule has 4 rings (SSSR count). The highest BCUT2D eigenvalue weighted by atomic mass is 32.2. The van der Waals surface area contributed by atoms with Gasteiger partial charge in [-0.05, 0) is 48.4 Å². The van der Waals surface area contributed by atoms with Crippen molar-refractivity contribution in [1.29, 1.82) is 0 Å². The maximum Gasteiger partial charge on any atom is 0.293 e. The molecule has 3 aliphatic rings. The highest BCUT2D eigenvalue weighted by Crippen LogP contribution is 2.38. The van der Waals surface area contributed by atoms with E-state index in [1.165, 1.54) is 4.90 Å². The number of carbonyl (C=O) groups excluding carboxylic acids is 5. The number of imide groups is 2. The fourth-order valence-corrected chi connectivity index (χ4v) is 5.47. The molecule has 1 N–H and O–H groups in total. The van der Waals surface area contributed by atoms with Gasteiger partial charge in [-0.1, -0.05) is 25.0 Å². The van der Waals surface area contributed by atoms with Crippen LogP contribution in [-0.2, 0) is 19.2 Å². The Balaban J connectivity index is 1.24. The minimum atomic E-state index is -0.407. The third kappa shape index (κ3) is 5.01. The topological polar surface area (TPSA) is 113 Å². The molecular weight excluding hydrogens is 458 g/mol. The van der Waals surface area contributed by atoms with Crippen LogP contribution in [0.4, 0.5) is 4.79 Å². The summed E-state index contributed by atoms with van der Waals surface area (Å²) in [5, 5.41) is 2.27. The van der Waals surface area contributed by atoms with E-state index in [0.29, 0.717) is 10.7 Å². The maximum atomic E-state index is 12.6. The molecule has 3 fully saturated rings. The highest BCUT2D eigenvalue weighted by molar-refractivity contribution is 8.18. The third-order valence-electron chi connectivity index (χ3n) is 6.44. The van der Waals surface area contributed by atoms with Crippen LogP contribution < -0.4 is 10.1 Å². The second-order valence-electron chi connectivity index (χ2n) is 8.53. The molecule has 1 saturated carbocycles. The average Bonchev–Trinajstić information content (AvgIpc) is 3.25. The molecule has 1 aromatic rings. The zero-order chi connectivity index (χ0) is 24.2. The summed E-state index contributed by atoms with van der Waals surface area (Å²) in [6, 6.07) is 7.11. The van der Waals surface area contributed by atoms with E-state index in [0.717, 1.165) is 47.9 Å². The summed E-state index contributed by atoms with van der Waals surface area (Å²) in [6.07, 6.45) is 5.03. The zero-order valence-electron chi connectivity index (χ0n) is 19.0. The normalized spacial score (nSPS) is 23.6. The van der Waals surface area contributed by atoms with Gasteiger partial charge in [0.25, 0.3) is 11.1 Å². The minimum Gasteiger partial charge on any atom is -0.497 e. The number of hydrogen-bond acceptors (Lipinski definition) is 7. The molecule has 0 spiro atoms. The Hall–Kier alpha value is -3.14. The van der Waals surface area contributed by atoms with Crippen molar-refractivity contribution in [3.8, 4) is 5.75 Å². The summed E-state index contributed by atoms with van der Waals surface area (Å²) in [7, 11) is 1.57. The molecule has 0 bridgehead atoms. The molecule has 2 heterocycles. The van der Waals surface area contributed by atoms with Gasteiger partial charge in [0.05, 0.1) is 23.9 Å². The minimum absolute atomic E-state index is 0.00378. The molecule has 2 aliphatic heterocycles. The number of hydrogen-bond donors (Lipinski definition) is 1. The fraction of sp³-hybridized carbons (Fsp3) is 0.458. The van der Waals surface area contributed by atoms with E-state index in [1.807, 2.05) is 0 Å². The SMILES string of the molecule is COc1ccc(C=C2SC(=O)N(CCNC(=O)CCN3C(=O)C4CCCCC4C3=O)C2=O)cc1. The Kier molecular flexibility index (Phi) is 7.35. The number of rotatable bonds is 8. The first kappa shape index (κ1) is 24.0. The van der Waals surface area contributed by atoms with E-state index in [1.54, 1.807) is 37.5 Å². The van der Waals surface area contributed by atoms with Crippen molar-refractivity contribution in [1.82, 2.24) is 15.1 Å². The summed E-state index contributed by atoms with van der Waals surface area (Å²) in [4.78, 5) is 64.7. The van der Waals surface area contributed by atoms with Gasteiger partial charge in [-0.15, -0.1) is 0 Å². The number of amides is 5. The number of likely N-dealkylation sites (tertiary alicyclic amines) is 1. The van der Waals surface area contributed by atoms with Crippen LogP contribution in [0.5, 0.6) is 5.75 Å². The number of nitrogens with zero attached hydrogens (tertiary/aromatic N) is 2. The lowest BCUT2D eigenvalue weighted by atomic mass is 9.81. The lowest BCUT2D eigenvalue weighted by Crippen LogP contribution is -2.39. The molecule has 34 heavy (non-hydrogen) atoms. The van der Waals surface area contributed by atoms with Gasteiger partial charge in [-0.25, -0.2) is 0 Å². The Bertz CT molecular complexity index is 1010. The number of thioether (sulfide) groups is 1. The van der Waals surface area contributed by atoms with Gasteiger partial charge in [0, 0.05) is 26.1 Å². The fourth-order valence-electron chi connectivity index (χ4n) is 4.60. The van der Waals surface area contributed by atoms with Crippen LogP contribution in [0.25, 0.3) is 6.08 Å². The second kappa shape index (κ2) is 10.4. The Morgan fingerprint density at radius 2 is 1.68 bits per heavy atom.